The summed E-state index contributed by atoms with van der Waals surface area (Å²) in [5, 5.41) is 12.2. The van der Waals surface area contributed by atoms with Crippen molar-refractivity contribution in [2.24, 2.45) is 17.8 Å². The number of pyridine rings is 1. The number of aromatic nitrogens is 1. The second kappa shape index (κ2) is 16.3. The van der Waals surface area contributed by atoms with E-state index >= 15 is 0 Å². The van der Waals surface area contributed by atoms with E-state index in [1.54, 1.807) is 0 Å². The van der Waals surface area contributed by atoms with Gasteiger partial charge in [-0.2, -0.15) is 0 Å². The van der Waals surface area contributed by atoms with E-state index in [2.05, 4.69) is 66.7 Å². The monoisotopic (exact) mass is 829 g/mol. The molecule has 0 bridgehead atoms. The molecule has 5 rings (SSSR count). The summed E-state index contributed by atoms with van der Waals surface area (Å²) in [7, 11) is 0. The van der Waals surface area contributed by atoms with Crippen LogP contribution in [0.15, 0.2) is 52.8 Å². The van der Waals surface area contributed by atoms with Crippen LogP contribution in [0.3, 0.4) is 0 Å². The number of hydrogen-bond donors (Lipinski definition) is 1. The summed E-state index contributed by atoms with van der Waals surface area (Å²) in [6.45, 7) is 24.6. The molecule has 4 aromatic rings. The first-order valence-corrected chi connectivity index (χ1v) is 18.0. The van der Waals surface area contributed by atoms with E-state index in [-0.39, 0.29) is 54.3 Å². The molecule has 2 aromatic heterocycles. The van der Waals surface area contributed by atoms with Gasteiger partial charge in [-0.3, -0.25) is 4.79 Å². The molecule has 2 aromatic carbocycles. The van der Waals surface area contributed by atoms with Crippen molar-refractivity contribution in [2.75, 3.05) is 0 Å². The molecule has 1 radical (unpaired) electrons. The Kier molecular flexibility index (Phi) is 13.5. The Bertz CT molecular complexity index is 1720. The van der Waals surface area contributed by atoms with Crippen molar-refractivity contribution in [3.63, 3.8) is 0 Å². The van der Waals surface area contributed by atoms with Gasteiger partial charge in [0.05, 0.1) is 5.76 Å². The maximum absolute atomic E-state index is 11.7. The van der Waals surface area contributed by atoms with Gasteiger partial charge < -0.3 is 14.5 Å². The van der Waals surface area contributed by atoms with Gasteiger partial charge in [-0.15, -0.1) is 35.9 Å². The van der Waals surface area contributed by atoms with Crippen LogP contribution in [0.1, 0.15) is 130 Å². The van der Waals surface area contributed by atoms with Crippen molar-refractivity contribution in [1.29, 1.82) is 0 Å². The Balaban J connectivity index is 0.000000334. The van der Waals surface area contributed by atoms with Crippen LogP contribution in [0.25, 0.3) is 33.2 Å². The van der Waals surface area contributed by atoms with Crippen molar-refractivity contribution >= 4 is 27.7 Å². The third-order valence-electron chi connectivity index (χ3n) is 10.6. The van der Waals surface area contributed by atoms with Gasteiger partial charge in [-0.05, 0) is 91.4 Å². The van der Waals surface area contributed by atoms with E-state index < -0.39 is 0 Å². The third kappa shape index (κ3) is 8.00. The number of nitrogens with zero attached hydrogens (tertiary/aromatic N) is 1. The van der Waals surface area contributed by atoms with Gasteiger partial charge in [-0.1, -0.05) is 69.2 Å². The minimum atomic E-state index is 0. The standard InChI is InChI=1S/C30H34NO.C13H24O2.Ir/c1-18(2)17-22-19(3)24-25(30(6,7)15-14-29(24,4)5)28-23(22)21-13-16-31-26(27(21)32-28)20-11-9-8-10-12-20;1-5-10(6-2)12(14)9-13(15)11(7-3)8-4;/h8-11,13,16,18H,14-15,17H2,1-7H3;9-11,14H,5-8H2,1-4H3;/q-1;;/b;12-9-;. The zero-order valence-electron chi connectivity index (χ0n) is 31.3. The molecule has 2 heterocycles. The number of rotatable bonds is 10. The summed E-state index contributed by atoms with van der Waals surface area (Å²) in [5.74, 6) is 1.12. The average Bonchev–Trinajstić information content (AvgIpc) is 3.42. The number of ketones is 1. The molecule has 4 nitrogen and oxygen atoms in total. The van der Waals surface area contributed by atoms with Gasteiger partial charge >= 0.3 is 0 Å². The Morgan fingerprint density at radius 2 is 1.54 bits per heavy atom. The first-order chi connectivity index (χ1) is 22.2. The molecule has 263 valence electrons. The number of aliphatic hydroxyl groups is 1. The summed E-state index contributed by atoms with van der Waals surface area (Å²) in [5.41, 5.74) is 9.89. The molecule has 0 unspecified atom stereocenters. The number of benzene rings is 2. The van der Waals surface area contributed by atoms with Crippen molar-refractivity contribution in [2.45, 2.75) is 132 Å². The molecule has 5 heteroatoms. The number of hydrogen-bond acceptors (Lipinski definition) is 4. The normalized spacial score (nSPS) is 15.4. The quantitative estimate of drug-likeness (QED) is 0.0982. The smallest absolute Gasteiger partial charge is 0.162 e. The number of carbonyl (C=O) groups excluding carboxylic acids is 1. The maximum Gasteiger partial charge on any atom is 0.162 e. The summed E-state index contributed by atoms with van der Waals surface area (Å²) < 4.78 is 6.86. The SMILES string of the molecule is CCC(CC)C(=O)/C=C(\O)C(CC)CC.Cc1c2c(c3oc4c(-c5[c-]cccc5)nccc4c3c1CC(C)C)C(C)(C)CCC2(C)C.[Ir]. The molecule has 0 aliphatic heterocycles. The summed E-state index contributed by atoms with van der Waals surface area (Å²) in [6, 6.07) is 13.5. The molecule has 0 spiro atoms. The fourth-order valence-electron chi connectivity index (χ4n) is 7.68. The molecular formula is C43H58IrNO3-. The Morgan fingerprint density at radius 3 is 2.08 bits per heavy atom. The van der Waals surface area contributed by atoms with Crippen LogP contribution in [0, 0.1) is 30.7 Å². The van der Waals surface area contributed by atoms with Crippen LogP contribution in [0.2, 0.25) is 0 Å². The van der Waals surface area contributed by atoms with Crippen LogP contribution in [-0.4, -0.2) is 15.9 Å². The summed E-state index contributed by atoms with van der Waals surface area (Å²) >= 11 is 0. The molecule has 1 aliphatic carbocycles. The zero-order chi connectivity index (χ0) is 34.7. The van der Waals surface area contributed by atoms with Crippen LogP contribution >= 0.6 is 0 Å². The molecular weight excluding hydrogens is 771 g/mol. The van der Waals surface area contributed by atoms with E-state index in [0.29, 0.717) is 5.92 Å². The van der Waals surface area contributed by atoms with Crippen LogP contribution in [0.5, 0.6) is 0 Å². The molecule has 1 N–H and O–H groups in total. The molecule has 0 saturated heterocycles. The van der Waals surface area contributed by atoms with Gasteiger partial charge in [0, 0.05) is 66.2 Å². The first-order valence-electron chi connectivity index (χ1n) is 18.0. The van der Waals surface area contributed by atoms with Gasteiger partial charge in [-0.25, -0.2) is 0 Å². The Morgan fingerprint density at radius 1 is 0.938 bits per heavy atom. The molecule has 0 atom stereocenters. The predicted octanol–water partition coefficient (Wildman–Crippen LogP) is 12.2. The molecule has 0 fully saturated rings. The van der Waals surface area contributed by atoms with Gasteiger partial charge in [0.2, 0.25) is 0 Å². The van der Waals surface area contributed by atoms with Crippen LogP contribution in [0.4, 0.5) is 0 Å². The Labute approximate surface area is 303 Å². The minimum absolute atomic E-state index is 0. The molecule has 48 heavy (non-hydrogen) atoms. The van der Waals surface area contributed by atoms with E-state index in [1.807, 2.05) is 52.1 Å². The van der Waals surface area contributed by atoms with E-state index in [0.717, 1.165) is 54.5 Å². The number of allylic oxidation sites excluding steroid dienone is 2. The second-order valence-electron chi connectivity index (χ2n) is 15.3. The number of aliphatic hydroxyl groups excluding tert-OH is 1. The number of carbonyl (C=O) groups is 1. The molecule has 0 amide bonds. The van der Waals surface area contributed by atoms with Gasteiger partial charge in [0.25, 0.3) is 0 Å². The number of fused-ring (bicyclic) bond motifs is 5. The molecule has 1 aliphatic rings. The Hall–Kier alpha value is -2.75. The predicted molar refractivity (Wildman–Crippen MR) is 198 cm³/mol. The average molecular weight is 829 g/mol. The van der Waals surface area contributed by atoms with Crippen LogP contribution < -0.4 is 0 Å². The van der Waals surface area contributed by atoms with Crippen molar-refractivity contribution in [3.05, 3.63) is 76.7 Å². The first kappa shape index (κ1) is 39.7. The fourth-order valence-corrected chi connectivity index (χ4v) is 7.68. The largest absolute Gasteiger partial charge is 0.512 e. The van der Waals surface area contributed by atoms with Gasteiger partial charge in [0.15, 0.2) is 5.78 Å². The topological polar surface area (TPSA) is 63.3 Å². The third-order valence-corrected chi connectivity index (χ3v) is 10.6. The molecule has 0 saturated carbocycles. The zero-order valence-corrected chi connectivity index (χ0v) is 33.7. The van der Waals surface area contributed by atoms with Crippen LogP contribution in [-0.2, 0) is 42.2 Å². The van der Waals surface area contributed by atoms with Crippen molar-refractivity contribution < 1.29 is 34.4 Å². The second-order valence-corrected chi connectivity index (χ2v) is 15.3. The van der Waals surface area contributed by atoms with E-state index in [9.17, 15) is 9.90 Å². The van der Waals surface area contributed by atoms with Crippen molar-refractivity contribution in [3.8, 4) is 11.3 Å². The van der Waals surface area contributed by atoms with E-state index in [1.165, 1.54) is 51.9 Å². The van der Waals surface area contributed by atoms with E-state index in [4.69, 9.17) is 9.40 Å². The summed E-state index contributed by atoms with van der Waals surface area (Å²) in [4.78, 5) is 16.5. The fraction of sp³-hybridized carbons (Fsp3) is 0.535. The van der Waals surface area contributed by atoms with Gasteiger partial charge in [0.1, 0.15) is 11.2 Å². The number of furan rings is 1. The maximum atomic E-state index is 11.7. The van der Waals surface area contributed by atoms with Crippen molar-refractivity contribution in [1.82, 2.24) is 4.98 Å². The summed E-state index contributed by atoms with van der Waals surface area (Å²) in [6.07, 6.45) is 10.3. The minimum Gasteiger partial charge on any atom is -0.512 e.